The SMILES string of the molecule is CCN1CCN(Cc2ccc3c(ccn3S(=O)(=O)c3ccc(C(C)C)cc3)c2)CC1.Cl.Cl. The van der Waals surface area contributed by atoms with E-state index < -0.39 is 10.0 Å². The minimum Gasteiger partial charge on any atom is -0.301 e. The van der Waals surface area contributed by atoms with Crippen LogP contribution in [0.25, 0.3) is 10.9 Å². The highest BCUT2D eigenvalue weighted by Gasteiger charge is 2.20. The largest absolute Gasteiger partial charge is 0.301 e. The fourth-order valence-electron chi connectivity index (χ4n) is 4.13. The first-order valence-corrected chi connectivity index (χ1v) is 12.2. The van der Waals surface area contributed by atoms with E-state index in [9.17, 15) is 8.42 Å². The van der Waals surface area contributed by atoms with Crippen LogP contribution in [0.2, 0.25) is 0 Å². The second kappa shape index (κ2) is 11.0. The van der Waals surface area contributed by atoms with Crippen LogP contribution in [0, 0.1) is 0 Å². The van der Waals surface area contributed by atoms with Crippen LogP contribution in [-0.4, -0.2) is 54.9 Å². The molecule has 8 heteroatoms. The summed E-state index contributed by atoms with van der Waals surface area (Å²) in [6, 6.07) is 15.2. The highest BCUT2D eigenvalue weighted by Crippen LogP contribution is 2.25. The lowest BCUT2D eigenvalue weighted by Crippen LogP contribution is -2.45. The molecule has 1 aliphatic rings. The number of rotatable bonds is 6. The molecule has 0 amide bonds. The van der Waals surface area contributed by atoms with Crippen molar-refractivity contribution < 1.29 is 8.42 Å². The van der Waals surface area contributed by atoms with E-state index in [1.165, 1.54) is 9.54 Å². The van der Waals surface area contributed by atoms with E-state index >= 15 is 0 Å². The van der Waals surface area contributed by atoms with E-state index in [1.807, 2.05) is 24.3 Å². The van der Waals surface area contributed by atoms with Gasteiger partial charge in [0.2, 0.25) is 0 Å². The predicted octanol–water partition coefficient (Wildman–Crippen LogP) is 4.98. The Morgan fingerprint density at radius 1 is 0.875 bits per heavy atom. The van der Waals surface area contributed by atoms with Gasteiger partial charge in [-0.3, -0.25) is 4.90 Å². The standard InChI is InChI=1S/C24H31N3O2S.2ClH/c1-4-25-13-15-26(16-14-25)18-20-5-10-24-22(17-20)11-12-27(24)30(28,29)23-8-6-21(7-9-23)19(2)3;;/h5-12,17,19H,4,13-16,18H2,1-3H3;2*1H. The van der Waals surface area contributed by atoms with Gasteiger partial charge in [-0.25, -0.2) is 12.4 Å². The van der Waals surface area contributed by atoms with Gasteiger partial charge in [-0.05, 0) is 53.9 Å². The third-order valence-electron chi connectivity index (χ3n) is 6.14. The van der Waals surface area contributed by atoms with Crippen molar-refractivity contribution in [1.82, 2.24) is 13.8 Å². The topological polar surface area (TPSA) is 45.5 Å². The Bertz CT molecular complexity index is 1120. The number of hydrogen-bond donors (Lipinski definition) is 0. The highest BCUT2D eigenvalue weighted by atomic mass is 35.5. The quantitative estimate of drug-likeness (QED) is 0.481. The van der Waals surface area contributed by atoms with Crippen molar-refractivity contribution in [3.8, 4) is 0 Å². The van der Waals surface area contributed by atoms with E-state index in [2.05, 4.69) is 42.7 Å². The molecule has 2 aromatic carbocycles. The molecule has 0 spiro atoms. The Balaban J connectivity index is 0.00000181. The average Bonchev–Trinajstić information content (AvgIpc) is 3.18. The van der Waals surface area contributed by atoms with E-state index in [0.717, 1.165) is 55.7 Å². The monoisotopic (exact) mass is 497 g/mol. The molecule has 1 fully saturated rings. The van der Waals surface area contributed by atoms with E-state index in [1.54, 1.807) is 18.3 Å². The zero-order valence-corrected chi connectivity index (χ0v) is 21.3. The van der Waals surface area contributed by atoms with Crippen LogP contribution in [0.3, 0.4) is 0 Å². The fourth-order valence-corrected chi connectivity index (χ4v) is 5.49. The van der Waals surface area contributed by atoms with Gasteiger partial charge in [0.25, 0.3) is 10.0 Å². The lowest BCUT2D eigenvalue weighted by atomic mass is 10.0. The summed E-state index contributed by atoms with van der Waals surface area (Å²) in [7, 11) is -3.61. The Kier molecular flexibility index (Phi) is 9.20. The maximum Gasteiger partial charge on any atom is 0.268 e. The smallest absolute Gasteiger partial charge is 0.268 e. The summed E-state index contributed by atoms with van der Waals surface area (Å²) in [5.74, 6) is 0.373. The fraction of sp³-hybridized carbons (Fsp3) is 0.417. The van der Waals surface area contributed by atoms with Gasteiger partial charge >= 0.3 is 0 Å². The van der Waals surface area contributed by atoms with Gasteiger partial charge in [-0.15, -0.1) is 24.8 Å². The first-order chi connectivity index (χ1) is 14.4. The van der Waals surface area contributed by atoms with Gasteiger partial charge in [0.1, 0.15) is 0 Å². The van der Waals surface area contributed by atoms with Crippen LogP contribution in [0.4, 0.5) is 0 Å². The Morgan fingerprint density at radius 2 is 1.50 bits per heavy atom. The van der Waals surface area contributed by atoms with E-state index in [-0.39, 0.29) is 24.8 Å². The third-order valence-corrected chi connectivity index (χ3v) is 7.84. The molecule has 176 valence electrons. The van der Waals surface area contributed by atoms with Crippen molar-refractivity contribution in [1.29, 1.82) is 0 Å². The number of hydrogen-bond acceptors (Lipinski definition) is 4. The first kappa shape index (κ1) is 26.7. The second-order valence-corrected chi connectivity index (χ2v) is 10.3. The van der Waals surface area contributed by atoms with Crippen molar-refractivity contribution in [3.05, 3.63) is 65.9 Å². The van der Waals surface area contributed by atoms with Crippen molar-refractivity contribution in [2.24, 2.45) is 0 Å². The molecule has 0 aliphatic carbocycles. The molecule has 1 aliphatic heterocycles. The molecule has 0 bridgehead atoms. The molecule has 4 rings (SSSR count). The number of fused-ring (bicyclic) bond motifs is 1. The Labute approximate surface area is 204 Å². The zero-order valence-electron chi connectivity index (χ0n) is 18.9. The van der Waals surface area contributed by atoms with Gasteiger partial charge in [-0.2, -0.15) is 0 Å². The van der Waals surface area contributed by atoms with Crippen LogP contribution >= 0.6 is 24.8 Å². The number of aromatic nitrogens is 1. The molecule has 1 aromatic heterocycles. The summed E-state index contributed by atoms with van der Waals surface area (Å²) in [5.41, 5.74) is 3.09. The van der Waals surface area contributed by atoms with Crippen LogP contribution < -0.4 is 0 Å². The molecule has 5 nitrogen and oxygen atoms in total. The van der Waals surface area contributed by atoms with Gasteiger partial charge in [0, 0.05) is 44.3 Å². The maximum atomic E-state index is 13.2. The number of halogens is 2. The third kappa shape index (κ3) is 5.49. The second-order valence-electron chi connectivity index (χ2n) is 8.44. The molecular weight excluding hydrogens is 465 g/mol. The van der Waals surface area contributed by atoms with Gasteiger partial charge in [0.05, 0.1) is 10.4 Å². The van der Waals surface area contributed by atoms with Crippen LogP contribution in [0.1, 0.15) is 37.8 Å². The molecule has 2 heterocycles. The lowest BCUT2D eigenvalue weighted by Gasteiger charge is -2.34. The Morgan fingerprint density at radius 3 is 2.09 bits per heavy atom. The molecule has 0 saturated carbocycles. The summed E-state index contributed by atoms with van der Waals surface area (Å²) in [6.45, 7) is 12.8. The summed E-state index contributed by atoms with van der Waals surface area (Å²) in [4.78, 5) is 5.26. The molecular formula is C24H33Cl2N3O2S. The van der Waals surface area contributed by atoms with Crippen LogP contribution in [0.15, 0.2) is 59.6 Å². The number of likely N-dealkylation sites (N-methyl/N-ethyl adjacent to an activating group) is 1. The Hall–Kier alpha value is -1.57. The molecule has 3 aromatic rings. The summed E-state index contributed by atoms with van der Waals surface area (Å²) in [6.07, 6.45) is 1.67. The molecule has 0 radical (unpaired) electrons. The minimum absolute atomic E-state index is 0. The summed E-state index contributed by atoms with van der Waals surface area (Å²) < 4.78 is 27.8. The number of benzene rings is 2. The zero-order chi connectivity index (χ0) is 21.3. The first-order valence-electron chi connectivity index (χ1n) is 10.8. The number of piperazine rings is 1. The highest BCUT2D eigenvalue weighted by molar-refractivity contribution is 7.90. The predicted molar refractivity (Wildman–Crippen MR) is 137 cm³/mol. The van der Waals surface area contributed by atoms with E-state index in [4.69, 9.17) is 0 Å². The average molecular weight is 499 g/mol. The van der Waals surface area contributed by atoms with Crippen LogP contribution in [-0.2, 0) is 16.6 Å². The normalized spacial score (nSPS) is 15.5. The van der Waals surface area contributed by atoms with Gasteiger partial charge < -0.3 is 4.90 Å². The van der Waals surface area contributed by atoms with E-state index in [0.29, 0.717) is 10.8 Å². The lowest BCUT2D eigenvalue weighted by molar-refractivity contribution is 0.132. The van der Waals surface area contributed by atoms with Crippen molar-refractivity contribution in [3.63, 3.8) is 0 Å². The minimum atomic E-state index is -3.61. The van der Waals surface area contributed by atoms with Crippen LogP contribution in [0.5, 0.6) is 0 Å². The molecule has 0 N–H and O–H groups in total. The molecule has 32 heavy (non-hydrogen) atoms. The molecule has 0 unspecified atom stereocenters. The van der Waals surface area contributed by atoms with Crippen molar-refractivity contribution in [2.45, 2.75) is 38.1 Å². The summed E-state index contributed by atoms with van der Waals surface area (Å²) in [5, 5.41) is 0.960. The van der Waals surface area contributed by atoms with Crippen molar-refractivity contribution >= 4 is 45.7 Å². The number of nitrogens with zero attached hydrogens (tertiary/aromatic N) is 3. The summed E-state index contributed by atoms with van der Waals surface area (Å²) >= 11 is 0. The molecule has 0 atom stereocenters. The van der Waals surface area contributed by atoms with Gasteiger partial charge in [0.15, 0.2) is 0 Å². The maximum absolute atomic E-state index is 13.2. The van der Waals surface area contributed by atoms with Crippen molar-refractivity contribution in [2.75, 3.05) is 32.7 Å². The molecule has 1 saturated heterocycles. The van der Waals surface area contributed by atoms with Gasteiger partial charge in [-0.1, -0.05) is 39.0 Å².